The number of unbranched alkanes of at least 4 members (excludes halogenated alkanes) is 2. The number of Topliss-reactive ketones (excluding diaryl/α,β-unsaturated/α-hetero) is 2. The predicted molar refractivity (Wildman–Crippen MR) is 485 cm³/mol. The largest absolute Gasteiger partial charge is 0.508 e. The minimum atomic E-state index is -1.76. The van der Waals surface area contributed by atoms with Crippen LogP contribution in [-0.2, 0) is 87.9 Å². The molecule has 37 heteroatoms. The fourth-order valence-electron chi connectivity index (χ4n) is 15.2. The number of aromatic hydroxyl groups is 1. The van der Waals surface area contributed by atoms with Crippen LogP contribution in [-0.4, -0.2) is 231 Å². The number of benzene rings is 1. The number of phenols is 1. The number of nitrogens with two attached hydrogens (primary N) is 3. The Bertz CT molecular complexity index is 3860. The van der Waals surface area contributed by atoms with Crippen LogP contribution < -0.4 is 91.7 Å². The van der Waals surface area contributed by atoms with E-state index in [1.54, 1.807) is 88.1 Å². The van der Waals surface area contributed by atoms with E-state index in [0.717, 1.165) is 0 Å². The molecule has 37 nitrogen and oxygen atoms in total. The molecule has 1 fully saturated rings. The molecule has 0 radical (unpaired) electrons. The minimum absolute atomic E-state index is 0.0187. The first-order valence-corrected chi connectivity index (χ1v) is 46.0. The lowest BCUT2D eigenvalue weighted by Crippen LogP contribution is -2.65. The van der Waals surface area contributed by atoms with Gasteiger partial charge in [-0.05, 0) is 216 Å². The maximum atomic E-state index is 15.6. The SMILES string of the molecule is CC[C@H](C)[C@H](NC1(C)CCCCCCC=CCCCC(C)(C(=O)N[C@@H](C)C=O)NC(=O)C(CC(C)C)NC(=O)[C@H](Cc2ccc(O)cc2)NC(=O)C(CCC(=O)O)NC(=O)[C@H](CC(C)C)NC(=O)C(C)NC(=O)[C@H](CCCCN)NC1=O)C(=O)C(=O)[C@@H](NC(=O)C(NC(=O)[C@H](CCCCN)NC(=O)[C@@H]1CCCN1NC(C)C(=O)N[C@@H](CC(C)C)C(N)=O)C(C)C)C(C)C. The molecule has 0 spiro atoms. The van der Waals surface area contributed by atoms with Gasteiger partial charge in [-0.25, -0.2) is 10.4 Å². The number of aliphatic carboxylic acids is 1. The number of phenolic OH excluding ortho intramolecular Hbond substituents is 1. The zero-order valence-corrected chi connectivity index (χ0v) is 78.7. The molecule has 722 valence electrons. The summed E-state index contributed by atoms with van der Waals surface area (Å²) in [5, 5.41) is 57.9. The fraction of sp³-hybridized carbons (Fsp3) is 0.725. The highest BCUT2D eigenvalue weighted by Gasteiger charge is 2.46. The molecule has 13 amide bonds. The van der Waals surface area contributed by atoms with E-state index in [1.807, 2.05) is 26.0 Å². The van der Waals surface area contributed by atoms with Crippen LogP contribution in [0.2, 0.25) is 0 Å². The van der Waals surface area contributed by atoms with E-state index in [-0.39, 0.29) is 94.4 Å². The van der Waals surface area contributed by atoms with Crippen molar-refractivity contribution in [3.05, 3.63) is 42.0 Å². The van der Waals surface area contributed by atoms with Crippen LogP contribution in [0.25, 0.3) is 0 Å². The van der Waals surface area contributed by atoms with Crippen LogP contribution in [0, 0.1) is 35.5 Å². The predicted octanol–water partition coefficient (Wildman–Crippen LogP) is 2.78. The number of carboxylic acids is 1. The van der Waals surface area contributed by atoms with Gasteiger partial charge in [0.1, 0.15) is 78.0 Å². The summed E-state index contributed by atoms with van der Waals surface area (Å²) < 4.78 is 0. The third-order valence-electron chi connectivity index (χ3n) is 23.2. The third-order valence-corrected chi connectivity index (χ3v) is 23.2. The summed E-state index contributed by atoms with van der Waals surface area (Å²) in [7, 11) is 0. The number of carbonyl (C=O) groups is 17. The van der Waals surface area contributed by atoms with Gasteiger partial charge in [-0.15, -0.1) is 0 Å². The van der Waals surface area contributed by atoms with Gasteiger partial charge < -0.3 is 96.0 Å². The minimum Gasteiger partial charge on any atom is -0.508 e. The molecule has 0 bridgehead atoms. The van der Waals surface area contributed by atoms with Crippen LogP contribution in [0.15, 0.2) is 36.4 Å². The molecule has 17 atom stereocenters. The number of amides is 13. The van der Waals surface area contributed by atoms with Gasteiger partial charge in [0.15, 0.2) is 0 Å². The highest BCUT2D eigenvalue weighted by atomic mass is 16.4. The van der Waals surface area contributed by atoms with Crippen molar-refractivity contribution in [3.8, 4) is 5.75 Å². The number of hydrogen-bond donors (Lipinski definition) is 19. The van der Waals surface area contributed by atoms with E-state index in [0.29, 0.717) is 102 Å². The summed E-state index contributed by atoms with van der Waals surface area (Å²) in [4.78, 5) is 242. The summed E-state index contributed by atoms with van der Waals surface area (Å²) in [6, 6.07) is -12.2. The molecule has 2 heterocycles. The Morgan fingerprint density at radius 3 is 1.68 bits per heavy atom. The summed E-state index contributed by atoms with van der Waals surface area (Å²) in [6.07, 6.45) is 9.70. The van der Waals surface area contributed by atoms with Gasteiger partial charge in [0.05, 0.1) is 29.7 Å². The Balaban J connectivity index is 2.17. The van der Waals surface area contributed by atoms with Gasteiger partial charge in [0, 0.05) is 19.4 Å². The Kier molecular flexibility index (Phi) is 49.6. The molecule has 128 heavy (non-hydrogen) atoms. The van der Waals surface area contributed by atoms with Crippen molar-refractivity contribution in [2.45, 2.75) is 367 Å². The first-order valence-electron chi connectivity index (χ1n) is 46.0. The molecule has 0 aliphatic carbocycles. The van der Waals surface area contributed by atoms with E-state index in [2.05, 4.69) is 74.5 Å². The average molecular weight is 1800 g/mol. The summed E-state index contributed by atoms with van der Waals surface area (Å²) in [5.41, 5.74) is 17.5. The Labute approximate surface area is 756 Å². The van der Waals surface area contributed by atoms with Crippen LogP contribution in [0.3, 0.4) is 0 Å². The second-order valence-electron chi connectivity index (χ2n) is 37.1. The summed E-state index contributed by atoms with van der Waals surface area (Å²) >= 11 is 0. The van der Waals surface area contributed by atoms with E-state index in [9.17, 15) is 77.3 Å². The molecule has 1 aromatic carbocycles. The number of hydrogen-bond acceptors (Lipinski definition) is 23. The lowest BCUT2D eigenvalue weighted by atomic mass is 9.84. The summed E-state index contributed by atoms with van der Waals surface area (Å²) in [6.45, 7) is 29.2. The topological polar surface area (TPSA) is 580 Å². The molecule has 3 rings (SSSR count). The van der Waals surface area contributed by atoms with Crippen LogP contribution in [0.1, 0.15) is 271 Å². The zero-order chi connectivity index (χ0) is 96.5. The number of hydrazine groups is 1. The molecule has 7 unspecified atom stereocenters. The number of nitrogens with one attached hydrogen (secondary N) is 14. The highest BCUT2D eigenvalue weighted by molar-refractivity contribution is 6.41. The van der Waals surface area contributed by atoms with E-state index < -0.39 is 221 Å². The van der Waals surface area contributed by atoms with Crippen molar-refractivity contribution < 1.29 is 91.7 Å². The van der Waals surface area contributed by atoms with Gasteiger partial charge in [0.2, 0.25) is 88.4 Å². The van der Waals surface area contributed by atoms with Gasteiger partial charge in [-0.1, -0.05) is 133 Å². The number of ketones is 2. The van der Waals surface area contributed by atoms with Crippen molar-refractivity contribution in [1.29, 1.82) is 0 Å². The zero-order valence-electron chi connectivity index (χ0n) is 78.7. The Morgan fingerprint density at radius 1 is 0.562 bits per heavy atom. The molecule has 2 aliphatic rings. The first kappa shape index (κ1) is 112. The van der Waals surface area contributed by atoms with Crippen molar-refractivity contribution in [2.75, 3.05) is 19.6 Å². The average Bonchev–Trinajstić information content (AvgIpc) is 0.905. The molecule has 2 aliphatic heterocycles. The van der Waals surface area contributed by atoms with E-state index >= 15 is 14.4 Å². The lowest BCUT2D eigenvalue weighted by molar-refractivity contribution is -0.143. The number of aldehydes is 1. The monoisotopic (exact) mass is 1800 g/mol. The molecular formula is C91H154N18O19. The second kappa shape index (κ2) is 56.6. The smallest absolute Gasteiger partial charge is 0.303 e. The normalized spacial score (nSPS) is 23.6. The Morgan fingerprint density at radius 2 is 1.10 bits per heavy atom. The summed E-state index contributed by atoms with van der Waals surface area (Å²) in [5.74, 6) is -16.2. The number of primary amides is 1. The van der Waals surface area contributed by atoms with Crippen molar-refractivity contribution >= 4 is 101 Å². The highest BCUT2D eigenvalue weighted by Crippen LogP contribution is 2.26. The Hall–Kier alpha value is -9.85. The van der Waals surface area contributed by atoms with Gasteiger partial charge in [0.25, 0.3) is 0 Å². The van der Waals surface area contributed by atoms with Gasteiger partial charge in [-0.2, -0.15) is 0 Å². The standard InChI is InChI=1S/C91H154N18O19/c1-18-57(12)74(76(115)75(114)72(55(8)9)104-87(126)73(56(10)11)105-82(121)63(33-26-30-44-92)98-86(125)70-35-32-46-109(70)108-60(15)79(118)99-66(77(94)116)47-52(2)3)106-90(16)42-28-24-22-20-19-21-23-25-29-43-91(17,88(127)95-58(13)51-110)107-85(124)68(49-54(6)7)101-84(123)69(50-61-36-38-62(111)39-37-61)102-81(120)65(40-41-71(112)113)97-83(122)67(48-53(4)5)100-78(117)59(14)96-80(119)64(103-89(90)128)34-27-31-45-93/h21,23,36-39,51-60,63-70,72-74,106,108,111H,18-20,22,24-35,40-50,92-93H2,1-17H3,(H2,94,116)(H,95,127)(H,96,119)(H,97,122)(H,98,125)(H,99,118)(H,100,117)(H,101,123)(H,102,120)(H,103,128)(H,104,126)(H,105,121)(H,107,124)(H,112,113)/t57-,58-,59?,60?,63-,64-,65?,66-,67-,68?,69-,70-,72-,73?,74-,90?,91?/m0/s1. The molecule has 1 saturated heterocycles. The van der Waals surface area contributed by atoms with E-state index in [1.165, 1.54) is 45.0 Å². The van der Waals surface area contributed by atoms with Gasteiger partial charge in [-0.3, -0.25) is 82.0 Å². The molecule has 0 saturated carbocycles. The van der Waals surface area contributed by atoms with Crippen LogP contribution in [0.5, 0.6) is 5.75 Å². The van der Waals surface area contributed by atoms with Crippen molar-refractivity contribution in [2.24, 2.45) is 52.7 Å². The number of allylic oxidation sites excluding steroid dienone is 2. The third kappa shape index (κ3) is 38.8. The number of nitrogens with zero attached hydrogens (tertiary/aromatic N) is 1. The second-order valence-corrected chi connectivity index (χ2v) is 37.1. The molecule has 1 aromatic rings. The van der Waals surface area contributed by atoms with Gasteiger partial charge >= 0.3 is 5.97 Å². The van der Waals surface area contributed by atoms with Crippen LogP contribution >= 0.6 is 0 Å². The maximum Gasteiger partial charge on any atom is 0.303 e. The van der Waals surface area contributed by atoms with Crippen molar-refractivity contribution in [3.63, 3.8) is 0 Å². The lowest BCUT2D eigenvalue weighted by Gasteiger charge is -2.37. The first-order chi connectivity index (χ1) is 60.2. The molecule has 22 N–H and O–H groups in total. The quantitative estimate of drug-likeness (QED) is 0.0194. The van der Waals surface area contributed by atoms with Crippen LogP contribution in [0.4, 0.5) is 0 Å². The maximum absolute atomic E-state index is 15.6. The molecule has 0 aromatic heterocycles. The number of rotatable bonds is 42. The van der Waals surface area contributed by atoms with E-state index in [4.69, 9.17) is 17.2 Å². The number of carboxylic acid groups (broad SMARTS) is 1. The fourth-order valence-corrected chi connectivity index (χ4v) is 15.2. The molecular weight excluding hydrogens is 1650 g/mol. The number of carbonyl (C=O) groups excluding carboxylic acids is 16. The van der Waals surface area contributed by atoms with Crippen molar-refractivity contribution in [1.82, 2.24) is 79.6 Å².